The molecular weight excluding hydrogens is 392 g/mol. The van der Waals surface area contributed by atoms with Crippen LogP contribution in [0.1, 0.15) is 25.8 Å². The average Bonchev–Trinajstić information content (AvgIpc) is 2.97. The second-order valence-corrected chi connectivity index (χ2v) is 7.52. The summed E-state index contributed by atoms with van der Waals surface area (Å²) in [5.74, 6) is 0.133. The minimum absolute atomic E-state index is 0.0865. The number of hydrogen-bond donors (Lipinski definition) is 1. The summed E-state index contributed by atoms with van der Waals surface area (Å²) in [5.41, 5.74) is 10.0. The van der Waals surface area contributed by atoms with Gasteiger partial charge in [-0.1, -0.05) is 36.4 Å². The quantitative estimate of drug-likeness (QED) is 0.799. The van der Waals surface area contributed by atoms with Gasteiger partial charge in [-0.15, -0.1) is 0 Å². The highest BCUT2D eigenvalue weighted by Gasteiger charge is 2.35. The lowest BCUT2D eigenvalue weighted by Gasteiger charge is -2.40. The molecule has 2 aliphatic rings. The Labute approximate surface area is 181 Å². The Morgan fingerprint density at radius 2 is 2.00 bits per heavy atom. The zero-order valence-electron chi connectivity index (χ0n) is 17.5. The van der Waals surface area contributed by atoms with Gasteiger partial charge in [0.15, 0.2) is 0 Å². The van der Waals surface area contributed by atoms with Gasteiger partial charge in [0.25, 0.3) is 0 Å². The summed E-state index contributed by atoms with van der Waals surface area (Å²) in [6.07, 6.45) is 9.48. The van der Waals surface area contributed by atoms with Crippen molar-refractivity contribution in [2.24, 2.45) is 5.73 Å². The lowest BCUT2D eigenvalue weighted by atomic mass is 9.98. The van der Waals surface area contributed by atoms with E-state index in [1.54, 1.807) is 34.2 Å². The second kappa shape index (κ2) is 8.47. The smallest absolute Gasteiger partial charge is 0.401 e. The Bertz CT molecular complexity index is 1110. The van der Waals surface area contributed by atoms with Crippen molar-refractivity contribution in [2.45, 2.75) is 26.3 Å². The number of fused-ring (bicyclic) bond motifs is 1. The maximum Gasteiger partial charge on any atom is 0.421 e. The van der Waals surface area contributed by atoms with Crippen molar-refractivity contribution >= 4 is 28.9 Å². The molecule has 0 saturated carbocycles. The van der Waals surface area contributed by atoms with Gasteiger partial charge in [0.1, 0.15) is 0 Å². The highest BCUT2D eigenvalue weighted by atomic mass is 16.6. The summed E-state index contributed by atoms with van der Waals surface area (Å²) in [4.78, 5) is 32.7. The van der Waals surface area contributed by atoms with Gasteiger partial charge < -0.3 is 15.4 Å². The number of carbonyl (C=O) groups excluding carboxylic acids is 2. The van der Waals surface area contributed by atoms with E-state index in [9.17, 15) is 9.59 Å². The summed E-state index contributed by atoms with van der Waals surface area (Å²) in [7, 11) is 0. The number of carbonyl (C=O) groups is 2. The highest BCUT2D eigenvalue weighted by molar-refractivity contribution is 6.03. The van der Waals surface area contributed by atoms with Crippen LogP contribution in [-0.4, -0.2) is 29.6 Å². The van der Waals surface area contributed by atoms with Gasteiger partial charge in [-0.3, -0.25) is 9.69 Å². The van der Waals surface area contributed by atoms with E-state index < -0.39 is 6.09 Å². The van der Waals surface area contributed by atoms with Crippen molar-refractivity contribution < 1.29 is 14.3 Å². The number of nitrogens with zero attached hydrogens (tertiary/aromatic N) is 3. The van der Waals surface area contributed by atoms with Crippen LogP contribution in [0.4, 0.5) is 16.2 Å². The number of aromatic nitrogens is 1. The van der Waals surface area contributed by atoms with Crippen molar-refractivity contribution in [2.75, 3.05) is 16.3 Å². The van der Waals surface area contributed by atoms with E-state index in [0.717, 1.165) is 16.8 Å². The number of pyridine rings is 1. The van der Waals surface area contributed by atoms with Crippen LogP contribution >= 0.6 is 0 Å². The standard InChI is InChI=1S/C24H24N4O3/c1-16-15-27(24(30)31-23-10-6-7-13-26-23)22-14-18(11-12-21(22)28(16)17(2)29)19-8-4-3-5-9-20(19)25/h3-8,10-14,16H,9,15,25H2,1-2H3. The van der Waals surface area contributed by atoms with E-state index in [4.69, 9.17) is 10.5 Å². The summed E-state index contributed by atoms with van der Waals surface area (Å²) in [6.45, 7) is 3.73. The van der Waals surface area contributed by atoms with E-state index in [2.05, 4.69) is 4.98 Å². The maximum absolute atomic E-state index is 13.1. The molecule has 0 spiro atoms. The van der Waals surface area contributed by atoms with Crippen LogP contribution in [0.25, 0.3) is 5.57 Å². The zero-order chi connectivity index (χ0) is 22.0. The van der Waals surface area contributed by atoms with Crippen molar-refractivity contribution in [3.05, 3.63) is 78.2 Å². The average molecular weight is 416 g/mol. The summed E-state index contributed by atoms with van der Waals surface area (Å²) >= 11 is 0. The molecule has 7 nitrogen and oxygen atoms in total. The summed E-state index contributed by atoms with van der Waals surface area (Å²) < 4.78 is 5.49. The Morgan fingerprint density at radius 1 is 1.16 bits per heavy atom. The van der Waals surface area contributed by atoms with E-state index in [0.29, 0.717) is 24.3 Å². The first-order valence-corrected chi connectivity index (χ1v) is 10.1. The second-order valence-electron chi connectivity index (χ2n) is 7.52. The molecule has 0 saturated heterocycles. The van der Waals surface area contributed by atoms with Crippen LogP contribution in [0.2, 0.25) is 0 Å². The number of amides is 2. The van der Waals surface area contributed by atoms with Crippen molar-refractivity contribution in [1.29, 1.82) is 0 Å². The molecule has 1 unspecified atom stereocenters. The van der Waals surface area contributed by atoms with Crippen molar-refractivity contribution in [3.8, 4) is 5.88 Å². The van der Waals surface area contributed by atoms with Gasteiger partial charge in [0.05, 0.1) is 17.4 Å². The van der Waals surface area contributed by atoms with Gasteiger partial charge in [-0.25, -0.2) is 9.78 Å². The SMILES string of the molecule is CC(=O)N1c2ccc(C3=C(N)CC=CC=C3)cc2N(C(=O)Oc2ccccn2)CC1C. The molecular formula is C24H24N4O3. The summed E-state index contributed by atoms with van der Waals surface area (Å²) in [5, 5.41) is 0. The molecule has 4 rings (SSSR count). The largest absolute Gasteiger partial charge is 0.421 e. The topological polar surface area (TPSA) is 88.8 Å². The molecule has 1 aromatic heterocycles. The van der Waals surface area contributed by atoms with Gasteiger partial charge in [-0.2, -0.15) is 0 Å². The normalized spacial score (nSPS) is 17.9. The van der Waals surface area contributed by atoms with E-state index in [-0.39, 0.29) is 17.8 Å². The van der Waals surface area contributed by atoms with Crippen LogP contribution in [0, 0.1) is 0 Å². The Balaban J connectivity index is 1.77. The number of hydrogen-bond acceptors (Lipinski definition) is 5. The number of ether oxygens (including phenoxy) is 1. The Morgan fingerprint density at radius 3 is 2.74 bits per heavy atom. The number of nitrogens with two attached hydrogens (primary N) is 1. The minimum atomic E-state index is -0.549. The molecule has 2 N–H and O–H groups in total. The Hall–Kier alpha value is -3.87. The third-order valence-electron chi connectivity index (χ3n) is 5.31. The third kappa shape index (κ3) is 4.07. The summed E-state index contributed by atoms with van der Waals surface area (Å²) in [6, 6.07) is 10.6. The van der Waals surface area contributed by atoms with Gasteiger partial charge >= 0.3 is 6.09 Å². The zero-order valence-corrected chi connectivity index (χ0v) is 17.5. The van der Waals surface area contributed by atoms with E-state index in [1.165, 1.54) is 6.92 Å². The molecule has 0 radical (unpaired) electrons. The fraction of sp³-hybridized carbons (Fsp3) is 0.208. The van der Waals surface area contributed by atoms with Gasteiger partial charge in [0, 0.05) is 43.4 Å². The van der Waals surface area contributed by atoms with Crippen LogP contribution < -0.4 is 20.3 Å². The molecule has 1 aromatic carbocycles. The lowest BCUT2D eigenvalue weighted by molar-refractivity contribution is -0.117. The molecule has 0 fully saturated rings. The monoisotopic (exact) mass is 416 g/mol. The first-order chi connectivity index (χ1) is 15.0. The molecule has 2 heterocycles. The fourth-order valence-electron chi connectivity index (χ4n) is 3.92. The number of allylic oxidation sites excluding steroid dienone is 5. The van der Waals surface area contributed by atoms with E-state index in [1.807, 2.05) is 49.4 Å². The number of rotatable bonds is 2. The lowest BCUT2D eigenvalue weighted by Crippen LogP contribution is -2.52. The molecule has 1 aliphatic carbocycles. The van der Waals surface area contributed by atoms with Gasteiger partial charge in [0.2, 0.25) is 11.8 Å². The van der Waals surface area contributed by atoms with Crippen LogP contribution in [-0.2, 0) is 4.79 Å². The molecule has 31 heavy (non-hydrogen) atoms. The third-order valence-corrected chi connectivity index (χ3v) is 5.31. The first kappa shape index (κ1) is 20.4. The number of benzene rings is 1. The fourth-order valence-corrected chi connectivity index (χ4v) is 3.92. The predicted octanol–water partition coefficient (Wildman–Crippen LogP) is 4.03. The molecule has 2 amide bonds. The molecule has 1 atom stereocenters. The van der Waals surface area contributed by atoms with Crippen LogP contribution in [0.3, 0.4) is 0 Å². The predicted molar refractivity (Wildman–Crippen MR) is 121 cm³/mol. The Kier molecular flexibility index (Phi) is 5.58. The minimum Gasteiger partial charge on any atom is -0.401 e. The molecule has 1 aliphatic heterocycles. The van der Waals surface area contributed by atoms with E-state index >= 15 is 0 Å². The van der Waals surface area contributed by atoms with Crippen LogP contribution in [0.5, 0.6) is 5.88 Å². The van der Waals surface area contributed by atoms with Crippen molar-refractivity contribution in [3.63, 3.8) is 0 Å². The van der Waals surface area contributed by atoms with Crippen LogP contribution in [0.15, 0.2) is 72.6 Å². The molecule has 158 valence electrons. The maximum atomic E-state index is 13.1. The number of anilines is 2. The molecule has 2 aromatic rings. The van der Waals surface area contributed by atoms with Gasteiger partial charge in [-0.05, 0) is 30.7 Å². The highest BCUT2D eigenvalue weighted by Crippen LogP contribution is 2.39. The molecule has 7 heteroatoms. The van der Waals surface area contributed by atoms with Crippen molar-refractivity contribution in [1.82, 2.24) is 4.98 Å². The molecule has 0 bridgehead atoms. The first-order valence-electron chi connectivity index (χ1n) is 10.1.